The summed E-state index contributed by atoms with van der Waals surface area (Å²) in [7, 11) is -1.22. The molecule has 0 fully saturated rings. The molecule has 0 saturated carbocycles. The average molecular weight is 164 g/mol. The van der Waals surface area contributed by atoms with Gasteiger partial charge in [-0.1, -0.05) is 37.3 Å². The summed E-state index contributed by atoms with van der Waals surface area (Å²) in [4.78, 5) is 0. The molecule has 0 unspecified atom stereocenters. The largest absolute Gasteiger partial charge is 0.454 e. The fraction of sp³-hybridized carbons (Fsp3) is 0.333. The van der Waals surface area contributed by atoms with E-state index in [2.05, 4.69) is 0 Å². The Morgan fingerprint density at radius 2 is 1.83 bits per heavy atom. The van der Waals surface area contributed by atoms with Crippen LogP contribution in [0.1, 0.15) is 12.5 Å². The normalized spacial score (nSPS) is 12.6. The van der Waals surface area contributed by atoms with E-state index in [0.29, 0.717) is 6.42 Å². The first-order valence-electron chi connectivity index (χ1n) is 4.10. The van der Waals surface area contributed by atoms with Gasteiger partial charge in [0.05, 0.1) is 0 Å². The van der Waals surface area contributed by atoms with Gasteiger partial charge in [0.15, 0.2) is 0 Å². The highest BCUT2D eigenvalue weighted by Gasteiger charge is 2.17. The molecule has 0 aromatic heterocycles. The maximum absolute atomic E-state index is 8.84. The zero-order valence-corrected chi connectivity index (χ0v) is 7.14. The van der Waals surface area contributed by atoms with E-state index < -0.39 is 7.12 Å². The molecule has 0 bridgehead atoms. The molecule has 0 amide bonds. The van der Waals surface area contributed by atoms with Crippen LogP contribution in [0.5, 0.6) is 0 Å². The summed E-state index contributed by atoms with van der Waals surface area (Å²) in [5, 5.41) is 17.7. The van der Waals surface area contributed by atoms with Crippen LogP contribution >= 0.6 is 0 Å². The van der Waals surface area contributed by atoms with Crippen LogP contribution in [-0.4, -0.2) is 17.2 Å². The SMILES string of the molecule is C[C@H](Cc1ccccc1)B(O)O. The van der Waals surface area contributed by atoms with Gasteiger partial charge in [-0.3, -0.25) is 0 Å². The highest BCUT2D eigenvalue weighted by Crippen LogP contribution is 2.13. The van der Waals surface area contributed by atoms with Gasteiger partial charge in [-0.05, 0) is 17.8 Å². The molecule has 0 heterocycles. The number of hydrogen-bond acceptors (Lipinski definition) is 2. The molecule has 1 atom stereocenters. The van der Waals surface area contributed by atoms with Gasteiger partial charge < -0.3 is 10.0 Å². The van der Waals surface area contributed by atoms with Gasteiger partial charge in [-0.25, -0.2) is 0 Å². The number of rotatable bonds is 3. The fourth-order valence-corrected chi connectivity index (χ4v) is 1.09. The minimum atomic E-state index is -1.22. The highest BCUT2D eigenvalue weighted by atomic mass is 16.4. The van der Waals surface area contributed by atoms with Crippen molar-refractivity contribution >= 4 is 7.12 Å². The standard InChI is InChI=1S/C9H13BO2/c1-8(10(11)12)7-9-5-3-2-4-6-9/h2-6,8,11-12H,7H2,1H3/t8-/m1/s1. The molecule has 2 N–H and O–H groups in total. The van der Waals surface area contributed by atoms with Crippen molar-refractivity contribution in [3.63, 3.8) is 0 Å². The van der Waals surface area contributed by atoms with E-state index in [-0.39, 0.29) is 5.82 Å². The van der Waals surface area contributed by atoms with Crippen LogP contribution in [0.3, 0.4) is 0 Å². The Kier molecular flexibility index (Phi) is 3.32. The van der Waals surface area contributed by atoms with Crippen molar-refractivity contribution in [3.8, 4) is 0 Å². The van der Waals surface area contributed by atoms with Crippen molar-refractivity contribution in [3.05, 3.63) is 35.9 Å². The maximum Gasteiger partial charge on any atom is 0.454 e. The number of hydrogen-bond donors (Lipinski definition) is 2. The minimum Gasteiger partial charge on any atom is -0.427 e. The van der Waals surface area contributed by atoms with Crippen LogP contribution in [0.15, 0.2) is 30.3 Å². The van der Waals surface area contributed by atoms with Gasteiger partial charge in [0, 0.05) is 0 Å². The first kappa shape index (κ1) is 9.29. The van der Waals surface area contributed by atoms with E-state index in [0.717, 1.165) is 5.56 Å². The quantitative estimate of drug-likeness (QED) is 0.656. The first-order chi connectivity index (χ1) is 5.70. The summed E-state index contributed by atoms with van der Waals surface area (Å²) < 4.78 is 0. The average Bonchev–Trinajstić information content (AvgIpc) is 2.06. The monoisotopic (exact) mass is 164 g/mol. The summed E-state index contributed by atoms with van der Waals surface area (Å²) in [6.07, 6.45) is 0.707. The van der Waals surface area contributed by atoms with Crippen molar-refractivity contribution in [1.29, 1.82) is 0 Å². The summed E-state index contributed by atoms with van der Waals surface area (Å²) >= 11 is 0. The lowest BCUT2D eigenvalue weighted by Crippen LogP contribution is -2.19. The second-order valence-corrected chi connectivity index (χ2v) is 3.08. The lowest BCUT2D eigenvalue weighted by Gasteiger charge is -2.08. The molecule has 1 aromatic carbocycles. The Morgan fingerprint density at radius 1 is 1.25 bits per heavy atom. The van der Waals surface area contributed by atoms with E-state index in [9.17, 15) is 0 Å². The van der Waals surface area contributed by atoms with Crippen LogP contribution in [0, 0.1) is 0 Å². The Hall–Kier alpha value is -0.795. The smallest absolute Gasteiger partial charge is 0.427 e. The van der Waals surface area contributed by atoms with Gasteiger partial charge in [-0.2, -0.15) is 0 Å². The summed E-state index contributed by atoms with van der Waals surface area (Å²) in [5.74, 6) is -0.104. The van der Waals surface area contributed by atoms with E-state index in [1.54, 1.807) is 0 Å². The molecule has 0 spiro atoms. The highest BCUT2D eigenvalue weighted by molar-refractivity contribution is 6.43. The van der Waals surface area contributed by atoms with Crippen molar-refractivity contribution in [2.45, 2.75) is 19.2 Å². The van der Waals surface area contributed by atoms with E-state index in [1.807, 2.05) is 37.3 Å². The Morgan fingerprint density at radius 3 is 2.33 bits per heavy atom. The van der Waals surface area contributed by atoms with Crippen LogP contribution in [0.25, 0.3) is 0 Å². The van der Waals surface area contributed by atoms with Crippen molar-refractivity contribution in [2.24, 2.45) is 0 Å². The molecule has 0 aliphatic heterocycles. The minimum absolute atomic E-state index is 0.104. The molecule has 3 heteroatoms. The van der Waals surface area contributed by atoms with Crippen LogP contribution in [0.2, 0.25) is 5.82 Å². The molecule has 12 heavy (non-hydrogen) atoms. The second-order valence-electron chi connectivity index (χ2n) is 3.08. The molecule has 0 aliphatic carbocycles. The predicted octanol–water partition coefficient (Wildman–Crippen LogP) is 1.09. The Labute approximate surface area is 73.0 Å². The zero-order chi connectivity index (χ0) is 8.97. The van der Waals surface area contributed by atoms with E-state index >= 15 is 0 Å². The molecular weight excluding hydrogens is 151 g/mol. The second kappa shape index (κ2) is 4.29. The molecule has 0 aliphatic rings. The third-order valence-electron chi connectivity index (χ3n) is 1.91. The van der Waals surface area contributed by atoms with Gasteiger partial charge in [-0.15, -0.1) is 0 Å². The first-order valence-corrected chi connectivity index (χ1v) is 4.10. The topological polar surface area (TPSA) is 40.5 Å². The Bertz CT molecular complexity index is 223. The molecule has 1 rings (SSSR count). The van der Waals surface area contributed by atoms with Crippen LogP contribution in [0.4, 0.5) is 0 Å². The zero-order valence-electron chi connectivity index (χ0n) is 7.14. The molecular formula is C9H13BO2. The third-order valence-corrected chi connectivity index (χ3v) is 1.91. The molecule has 0 saturated heterocycles. The molecule has 1 aromatic rings. The summed E-state index contributed by atoms with van der Waals surface area (Å²) in [6, 6.07) is 9.82. The van der Waals surface area contributed by atoms with Crippen LogP contribution in [-0.2, 0) is 6.42 Å². The van der Waals surface area contributed by atoms with Gasteiger partial charge in [0.25, 0.3) is 0 Å². The maximum atomic E-state index is 8.84. The molecule has 2 nitrogen and oxygen atoms in total. The van der Waals surface area contributed by atoms with Crippen molar-refractivity contribution < 1.29 is 10.0 Å². The third kappa shape index (κ3) is 2.68. The Balaban J connectivity index is 2.53. The fourth-order valence-electron chi connectivity index (χ4n) is 1.09. The van der Waals surface area contributed by atoms with Gasteiger partial charge in [0.1, 0.15) is 0 Å². The lowest BCUT2D eigenvalue weighted by atomic mass is 9.71. The van der Waals surface area contributed by atoms with E-state index in [4.69, 9.17) is 10.0 Å². The van der Waals surface area contributed by atoms with Crippen molar-refractivity contribution in [2.75, 3.05) is 0 Å². The van der Waals surface area contributed by atoms with Gasteiger partial charge >= 0.3 is 7.12 Å². The summed E-state index contributed by atoms with van der Waals surface area (Å²) in [5.41, 5.74) is 1.14. The molecule has 64 valence electrons. The van der Waals surface area contributed by atoms with Crippen molar-refractivity contribution in [1.82, 2.24) is 0 Å². The lowest BCUT2D eigenvalue weighted by molar-refractivity contribution is 0.387. The summed E-state index contributed by atoms with van der Waals surface area (Å²) in [6.45, 7) is 1.82. The predicted molar refractivity (Wildman–Crippen MR) is 49.8 cm³/mol. The molecule has 0 radical (unpaired) electrons. The van der Waals surface area contributed by atoms with Gasteiger partial charge in [0.2, 0.25) is 0 Å². The number of benzene rings is 1. The van der Waals surface area contributed by atoms with Crippen LogP contribution < -0.4 is 0 Å². The van der Waals surface area contributed by atoms with E-state index in [1.165, 1.54) is 0 Å².